The smallest absolute Gasteiger partial charge is 0.413 e. The zero-order valence-corrected chi connectivity index (χ0v) is 16.6. The number of benzene rings is 1. The van der Waals surface area contributed by atoms with Crippen LogP contribution in [0, 0.1) is 12.7 Å². The zero-order chi connectivity index (χ0) is 21.5. The van der Waals surface area contributed by atoms with Crippen LogP contribution in [-0.4, -0.2) is 30.8 Å². The summed E-state index contributed by atoms with van der Waals surface area (Å²) < 4.78 is 22.1. The Morgan fingerprint density at radius 2 is 2.00 bits per heavy atom. The Kier molecular flexibility index (Phi) is 4.59. The lowest BCUT2D eigenvalue weighted by atomic mass is 10.0. The van der Waals surface area contributed by atoms with Gasteiger partial charge in [-0.25, -0.2) is 9.18 Å². The maximum absolute atomic E-state index is 14.6. The largest absolute Gasteiger partial charge is 0.465 e. The molecule has 0 spiro atoms. The number of halogens is 1. The first-order valence-corrected chi connectivity index (χ1v) is 9.66. The van der Waals surface area contributed by atoms with Crippen LogP contribution in [0.1, 0.15) is 22.4 Å². The van der Waals surface area contributed by atoms with Gasteiger partial charge >= 0.3 is 6.09 Å². The van der Waals surface area contributed by atoms with Gasteiger partial charge in [0.05, 0.1) is 19.8 Å². The molecule has 1 aromatic carbocycles. The van der Waals surface area contributed by atoms with E-state index in [1.165, 1.54) is 12.4 Å². The first-order valence-electron chi connectivity index (χ1n) is 9.66. The molecular formula is C22H18FN5O3. The molecule has 1 aliphatic rings. The fraction of sp³-hybridized carbons (Fsp3) is 0.182. The summed E-state index contributed by atoms with van der Waals surface area (Å²) in [6, 6.07) is 10.3. The van der Waals surface area contributed by atoms with Gasteiger partial charge in [-0.1, -0.05) is 18.2 Å². The second kappa shape index (κ2) is 7.44. The minimum atomic E-state index is -1.21. The van der Waals surface area contributed by atoms with E-state index >= 15 is 0 Å². The van der Waals surface area contributed by atoms with Crippen LogP contribution in [0.25, 0.3) is 16.8 Å². The molecule has 0 bridgehead atoms. The number of carboxylic acid groups (broad SMARTS) is 1. The topological polar surface area (TPSA) is 92.9 Å². The molecule has 4 aromatic rings. The van der Waals surface area contributed by atoms with E-state index in [0.717, 1.165) is 21.7 Å². The lowest BCUT2D eigenvalue weighted by Crippen LogP contribution is -2.32. The van der Waals surface area contributed by atoms with Crippen molar-refractivity contribution in [3.05, 3.63) is 77.1 Å². The average molecular weight is 419 g/mol. The summed E-state index contributed by atoms with van der Waals surface area (Å²) in [4.78, 5) is 17.8. The first-order chi connectivity index (χ1) is 15.0. The minimum absolute atomic E-state index is 0.134. The van der Waals surface area contributed by atoms with E-state index < -0.39 is 11.9 Å². The van der Waals surface area contributed by atoms with Crippen LogP contribution in [0.2, 0.25) is 0 Å². The van der Waals surface area contributed by atoms with Gasteiger partial charge in [-0.2, -0.15) is 0 Å². The van der Waals surface area contributed by atoms with Gasteiger partial charge in [-0.05, 0) is 30.7 Å². The van der Waals surface area contributed by atoms with E-state index in [9.17, 15) is 14.3 Å². The van der Waals surface area contributed by atoms with Crippen molar-refractivity contribution in [1.82, 2.24) is 19.6 Å². The molecule has 0 radical (unpaired) electrons. The molecule has 5 rings (SSSR count). The average Bonchev–Trinajstić information content (AvgIpc) is 3.25. The molecule has 0 atom stereocenters. The minimum Gasteiger partial charge on any atom is -0.465 e. The molecule has 4 heterocycles. The third kappa shape index (κ3) is 3.19. The highest BCUT2D eigenvalue weighted by Gasteiger charge is 2.28. The van der Waals surface area contributed by atoms with Crippen molar-refractivity contribution in [2.45, 2.75) is 26.7 Å². The number of rotatable bonds is 1. The highest BCUT2D eigenvalue weighted by Crippen LogP contribution is 2.35. The number of ether oxygens (including phenoxy) is 1. The summed E-state index contributed by atoms with van der Waals surface area (Å²) in [6.07, 6.45) is 1.95. The molecule has 1 aliphatic heterocycles. The third-order valence-corrected chi connectivity index (χ3v) is 5.45. The number of aromatic nitrogens is 4. The van der Waals surface area contributed by atoms with E-state index in [4.69, 9.17) is 4.74 Å². The molecule has 0 saturated heterocycles. The Balaban J connectivity index is 1.77. The number of hydrogen-bond donors (Lipinski definition) is 1. The number of pyridine rings is 2. The number of anilines is 1. The maximum atomic E-state index is 14.6. The highest BCUT2D eigenvalue weighted by atomic mass is 19.1. The Bertz CT molecular complexity index is 1320. The van der Waals surface area contributed by atoms with Crippen LogP contribution >= 0.6 is 0 Å². The predicted octanol–water partition coefficient (Wildman–Crippen LogP) is 3.95. The number of carbonyl (C=O) groups is 1. The summed E-state index contributed by atoms with van der Waals surface area (Å²) in [6.45, 7) is 2.03. The van der Waals surface area contributed by atoms with Crippen LogP contribution in [0.3, 0.4) is 0 Å². The number of nitrogens with zero attached hydrogens (tertiary/aromatic N) is 5. The second-order valence-corrected chi connectivity index (χ2v) is 7.31. The van der Waals surface area contributed by atoms with Gasteiger partial charge in [-0.15, -0.1) is 10.2 Å². The molecule has 0 unspecified atom stereocenters. The first kappa shape index (κ1) is 19.1. The standard InChI is InChI=1S/C22H18FN5O3/c1-13-16(5-3-7-24-13)17-8-15-11-31-10-14-4-2-6-19(23)18(14)9-27(22(29)30)21(15)28-12-25-26-20(17)28/h2-8,12H,9-11H2,1H3,(H,29,30). The number of hydrogen-bond acceptors (Lipinski definition) is 5. The van der Waals surface area contributed by atoms with Gasteiger partial charge in [0.2, 0.25) is 0 Å². The molecule has 1 amide bonds. The van der Waals surface area contributed by atoms with Crippen LogP contribution < -0.4 is 4.90 Å². The van der Waals surface area contributed by atoms with Crippen molar-refractivity contribution >= 4 is 17.6 Å². The van der Waals surface area contributed by atoms with E-state index in [1.807, 2.05) is 25.1 Å². The van der Waals surface area contributed by atoms with Crippen molar-refractivity contribution < 1.29 is 19.0 Å². The molecule has 8 nitrogen and oxygen atoms in total. The van der Waals surface area contributed by atoms with Gasteiger partial charge in [0.15, 0.2) is 5.65 Å². The number of aryl methyl sites for hydroxylation is 1. The highest BCUT2D eigenvalue weighted by molar-refractivity contribution is 5.89. The van der Waals surface area contributed by atoms with Gasteiger partial charge < -0.3 is 9.84 Å². The lowest BCUT2D eigenvalue weighted by molar-refractivity contribution is 0.107. The van der Waals surface area contributed by atoms with Crippen LogP contribution in [0.4, 0.5) is 15.0 Å². The van der Waals surface area contributed by atoms with Crippen LogP contribution in [0.15, 0.2) is 48.9 Å². The SMILES string of the molecule is Cc1ncccc1-c1cc2c(n3cnnc13)N(C(=O)O)Cc1c(F)cccc1COC2. The summed E-state index contributed by atoms with van der Waals surface area (Å²) in [5, 5.41) is 18.3. The summed E-state index contributed by atoms with van der Waals surface area (Å²) in [5.74, 6) is -0.146. The summed E-state index contributed by atoms with van der Waals surface area (Å²) in [7, 11) is 0. The monoisotopic (exact) mass is 419 g/mol. The van der Waals surface area contributed by atoms with E-state index in [1.54, 1.807) is 22.7 Å². The Morgan fingerprint density at radius 1 is 1.16 bits per heavy atom. The molecule has 1 N–H and O–H groups in total. The van der Waals surface area contributed by atoms with Crippen molar-refractivity contribution in [3.8, 4) is 11.1 Å². The van der Waals surface area contributed by atoms with Gasteiger partial charge in [0, 0.05) is 34.1 Å². The molecule has 0 fully saturated rings. The number of fused-ring (bicyclic) bond motifs is 4. The fourth-order valence-corrected chi connectivity index (χ4v) is 3.99. The van der Waals surface area contributed by atoms with Crippen LogP contribution in [-0.2, 0) is 24.5 Å². The molecule has 3 aromatic heterocycles. The van der Waals surface area contributed by atoms with Crippen molar-refractivity contribution in [2.24, 2.45) is 0 Å². The maximum Gasteiger partial charge on any atom is 0.413 e. The van der Waals surface area contributed by atoms with E-state index in [0.29, 0.717) is 22.6 Å². The molecule has 0 aliphatic carbocycles. The van der Waals surface area contributed by atoms with Gasteiger partial charge in [0.25, 0.3) is 0 Å². The summed E-state index contributed by atoms with van der Waals surface area (Å²) >= 11 is 0. The van der Waals surface area contributed by atoms with Gasteiger partial charge in [0.1, 0.15) is 18.0 Å². The molecule has 156 valence electrons. The van der Waals surface area contributed by atoms with Crippen LogP contribution in [0.5, 0.6) is 0 Å². The third-order valence-electron chi connectivity index (χ3n) is 5.45. The Hall–Kier alpha value is -3.85. The van der Waals surface area contributed by atoms with Crippen molar-refractivity contribution in [3.63, 3.8) is 0 Å². The number of amides is 1. The normalized spacial score (nSPS) is 13.8. The van der Waals surface area contributed by atoms with Crippen molar-refractivity contribution in [1.29, 1.82) is 0 Å². The molecule has 9 heteroatoms. The second-order valence-electron chi connectivity index (χ2n) is 7.31. The molecular weight excluding hydrogens is 401 g/mol. The van der Waals surface area contributed by atoms with Gasteiger partial charge in [-0.3, -0.25) is 14.3 Å². The quantitative estimate of drug-likeness (QED) is 0.502. The van der Waals surface area contributed by atoms with E-state index in [2.05, 4.69) is 15.2 Å². The summed E-state index contributed by atoms with van der Waals surface area (Å²) in [5.41, 5.74) is 4.43. The predicted molar refractivity (Wildman–Crippen MR) is 110 cm³/mol. The Labute approximate surface area is 176 Å². The molecule has 31 heavy (non-hydrogen) atoms. The lowest BCUT2D eigenvalue weighted by Gasteiger charge is -2.24. The molecule has 0 saturated carbocycles. The fourth-order valence-electron chi connectivity index (χ4n) is 3.99. The Morgan fingerprint density at radius 3 is 2.81 bits per heavy atom. The van der Waals surface area contributed by atoms with Crippen molar-refractivity contribution in [2.75, 3.05) is 4.90 Å². The zero-order valence-electron chi connectivity index (χ0n) is 16.6. The van der Waals surface area contributed by atoms with E-state index in [-0.39, 0.29) is 25.3 Å².